The monoisotopic (exact) mass is 398 g/mol. The van der Waals surface area contributed by atoms with Crippen molar-refractivity contribution in [2.24, 2.45) is 0 Å². The Bertz CT molecular complexity index is 953. The van der Waals surface area contributed by atoms with Gasteiger partial charge in [-0.1, -0.05) is 54.3 Å². The first kappa shape index (κ1) is 19.1. The number of carboxylic acids is 1. The van der Waals surface area contributed by atoms with E-state index < -0.39 is 5.97 Å². The summed E-state index contributed by atoms with van der Waals surface area (Å²) in [5.41, 5.74) is 1.16. The molecule has 2 aromatic rings. The number of ether oxygens (including phenoxy) is 1. The first-order valence-corrected chi connectivity index (χ1v) is 9.44. The van der Waals surface area contributed by atoms with Gasteiger partial charge in [-0.15, -0.1) is 0 Å². The summed E-state index contributed by atoms with van der Waals surface area (Å²) >= 11 is 6.50. The summed E-state index contributed by atoms with van der Waals surface area (Å²) in [6, 6.07) is 13.4. The fourth-order valence-corrected chi connectivity index (χ4v) is 3.85. The quantitative estimate of drug-likeness (QED) is 0.569. The highest BCUT2D eigenvalue weighted by atomic mass is 32.2. The maximum absolute atomic E-state index is 12.9. The van der Waals surface area contributed by atoms with E-state index in [1.165, 1.54) is 17.0 Å². The standard InChI is InChI=1S/C20H17NO4S2/c1-12(2)25-16-9-4-3-6-13(16)11-17-18(22)21(20(26)27-17)15-8-5-7-14(10-15)19(23)24/h3-12H,1-2H3,(H,23,24)/p-1/b17-11-. The summed E-state index contributed by atoms with van der Waals surface area (Å²) in [6.07, 6.45) is 1.74. The van der Waals surface area contributed by atoms with Crippen molar-refractivity contribution in [2.75, 3.05) is 4.90 Å². The third-order valence-electron chi connectivity index (χ3n) is 3.70. The number of nitrogens with zero attached hydrogens (tertiary/aromatic N) is 1. The van der Waals surface area contributed by atoms with Crippen molar-refractivity contribution in [1.29, 1.82) is 0 Å². The normalized spacial score (nSPS) is 15.7. The Morgan fingerprint density at radius 1 is 1.22 bits per heavy atom. The van der Waals surface area contributed by atoms with Gasteiger partial charge in [0.2, 0.25) is 0 Å². The minimum absolute atomic E-state index is 0.00132. The van der Waals surface area contributed by atoms with E-state index >= 15 is 0 Å². The second-order valence-electron chi connectivity index (χ2n) is 6.06. The van der Waals surface area contributed by atoms with Crippen LogP contribution in [0.2, 0.25) is 0 Å². The van der Waals surface area contributed by atoms with Crippen molar-refractivity contribution in [1.82, 2.24) is 0 Å². The van der Waals surface area contributed by atoms with Crippen molar-refractivity contribution >= 4 is 51.9 Å². The van der Waals surface area contributed by atoms with E-state index in [9.17, 15) is 14.7 Å². The molecule has 1 heterocycles. The highest BCUT2D eigenvalue weighted by Gasteiger charge is 2.33. The number of thiocarbonyl (C=S) groups is 1. The number of aromatic carboxylic acids is 1. The lowest BCUT2D eigenvalue weighted by atomic mass is 10.1. The molecule has 0 saturated carbocycles. The second-order valence-corrected chi connectivity index (χ2v) is 7.74. The molecule has 27 heavy (non-hydrogen) atoms. The Labute approximate surface area is 166 Å². The zero-order chi connectivity index (χ0) is 19.6. The van der Waals surface area contributed by atoms with Gasteiger partial charge in [0.1, 0.15) is 5.75 Å². The molecule has 7 heteroatoms. The summed E-state index contributed by atoms with van der Waals surface area (Å²) < 4.78 is 6.12. The molecule has 0 bridgehead atoms. The SMILES string of the molecule is CC(C)Oc1ccccc1/C=C1\SC(=S)N(c2cccc(C(=O)[O-])c2)C1=O. The molecule has 1 aliphatic rings. The third kappa shape index (κ3) is 4.20. The number of carboxylic acid groups (broad SMARTS) is 1. The average molecular weight is 398 g/mol. The van der Waals surface area contributed by atoms with Crippen LogP contribution >= 0.6 is 24.0 Å². The molecule has 0 radical (unpaired) electrons. The minimum Gasteiger partial charge on any atom is -0.545 e. The van der Waals surface area contributed by atoms with Gasteiger partial charge in [0.25, 0.3) is 5.91 Å². The molecule has 1 aliphatic heterocycles. The van der Waals surface area contributed by atoms with Crippen LogP contribution in [0.1, 0.15) is 29.8 Å². The lowest BCUT2D eigenvalue weighted by Gasteiger charge is -2.16. The van der Waals surface area contributed by atoms with Gasteiger partial charge in [-0.2, -0.15) is 0 Å². The Balaban J connectivity index is 1.94. The molecule has 0 unspecified atom stereocenters. The fraction of sp³-hybridized carbons (Fsp3) is 0.150. The van der Waals surface area contributed by atoms with Gasteiger partial charge in [-0.05, 0) is 43.7 Å². The first-order valence-electron chi connectivity index (χ1n) is 8.22. The number of benzene rings is 2. The number of hydrogen-bond acceptors (Lipinski definition) is 6. The van der Waals surface area contributed by atoms with Gasteiger partial charge in [0, 0.05) is 5.56 Å². The zero-order valence-electron chi connectivity index (χ0n) is 14.7. The highest BCUT2D eigenvalue weighted by molar-refractivity contribution is 8.27. The second kappa shape index (κ2) is 7.94. The van der Waals surface area contributed by atoms with Crippen molar-refractivity contribution in [2.45, 2.75) is 20.0 Å². The number of amides is 1. The molecule has 0 N–H and O–H groups in total. The molecule has 3 rings (SSSR count). The van der Waals surface area contributed by atoms with Gasteiger partial charge in [0.15, 0.2) is 4.32 Å². The van der Waals surface area contributed by atoms with E-state index in [4.69, 9.17) is 17.0 Å². The van der Waals surface area contributed by atoms with Gasteiger partial charge in [-0.25, -0.2) is 0 Å². The summed E-state index contributed by atoms with van der Waals surface area (Å²) in [5.74, 6) is -0.936. The Morgan fingerprint density at radius 3 is 2.67 bits per heavy atom. The Morgan fingerprint density at radius 2 is 1.96 bits per heavy atom. The number of para-hydroxylation sites is 1. The first-order chi connectivity index (χ1) is 12.9. The van der Waals surface area contributed by atoms with Crippen molar-refractivity contribution in [3.05, 3.63) is 64.6 Å². The molecule has 0 aliphatic carbocycles. The van der Waals surface area contributed by atoms with Crippen molar-refractivity contribution in [3.8, 4) is 5.75 Å². The third-order valence-corrected chi connectivity index (χ3v) is 5.00. The van der Waals surface area contributed by atoms with Crippen LogP contribution < -0.4 is 14.7 Å². The Hall–Kier alpha value is -2.64. The fourth-order valence-electron chi connectivity index (χ4n) is 2.56. The maximum atomic E-state index is 12.9. The Kier molecular flexibility index (Phi) is 5.62. The van der Waals surface area contributed by atoms with E-state index in [0.29, 0.717) is 20.7 Å². The summed E-state index contributed by atoms with van der Waals surface area (Å²) in [4.78, 5) is 25.7. The predicted molar refractivity (Wildman–Crippen MR) is 109 cm³/mol. The molecular weight excluding hydrogens is 382 g/mol. The number of hydrogen-bond donors (Lipinski definition) is 0. The van der Waals surface area contributed by atoms with Crippen LogP contribution in [0.5, 0.6) is 5.75 Å². The molecular formula is C20H16NO4S2-. The van der Waals surface area contributed by atoms with Gasteiger partial charge in [0.05, 0.1) is 22.7 Å². The molecule has 0 aromatic heterocycles. The molecule has 5 nitrogen and oxygen atoms in total. The molecule has 1 fully saturated rings. The molecule has 0 spiro atoms. The van der Waals surface area contributed by atoms with Gasteiger partial charge in [-0.3, -0.25) is 9.69 Å². The predicted octanol–water partition coefficient (Wildman–Crippen LogP) is 3.24. The zero-order valence-corrected chi connectivity index (χ0v) is 16.3. The number of carbonyl (C=O) groups is 2. The van der Waals surface area contributed by atoms with E-state index in [-0.39, 0.29) is 17.6 Å². The van der Waals surface area contributed by atoms with E-state index in [2.05, 4.69) is 0 Å². The summed E-state index contributed by atoms with van der Waals surface area (Å²) in [7, 11) is 0. The number of carbonyl (C=O) groups excluding carboxylic acids is 2. The lowest BCUT2D eigenvalue weighted by molar-refractivity contribution is -0.255. The highest BCUT2D eigenvalue weighted by Crippen LogP contribution is 2.37. The van der Waals surface area contributed by atoms with Crippen LogP contribution in [-0.4, -0.2) is 22.3 Å². The number of rotatable bonds is 5. The van der Waals surface area contributed by atoms with E-state index in [1.54, 1.807) is 18.2 Å². The summed E-state index contributed by atoms with van der Waals surface area (Å²) in [6.45, 7) is 3.86. The van der Waals surface area contributed by atoms with E-state index in [1.807, 2.05) is 38.1 Å². The number of thioether (sulfide) groups is 1. The van der Waals surface area contributed by atoms with Crippen LogP contribution in [0, 0.1) is 0 Å². The molecule has 1 saturated heterocycles. The van der Waals surface area contributed by atoms with Gasteiger partial charge < -0.3 is 14.6 Å². The molecule has 1 amide bonds. The lowest BCUT2D eigenvalue weighted by Crippen LogP contribution is -2.28. The van der Waals surface area contributed by atoms with Gasteiger partial charge >= 0.3 is 0 Å². The van der Waals surface area contributed by atoms with Crippen LogP contribution in [0.4, 0.5) is 5.69 Å². The average Bonchev–Trinajstić information content (AvgIpc) is 2.90. The topological polar surface area (TPSA) is 69.7 Å². The van der Waals surface area contributed by atoms with Crippen molar-refractivity contribution < 1.29 is 19.4 Å². The molecule has 0 atom stereocenters. The van der Waals surface area contributed by atoms with Crippen LogP contribution in [0.25, 0.3) is 6.08 Å². The van der Waals surface area contributed by atoms with Crippen LogP contribution in [0.3, 0.4) is 0 Å². The maximum Gasteiger partial charge on any atom is 0.270 e. The number of anilines is 1. The van der Waals surface area contributed by atoms with E-state index in [0.717, 1.165) is 17.3 Å². The van der Waals surface area contributed by atoms with Crippen LogP contribution in [0.15, 0.2) is 53.4 Å². The smallest absolute Gasteiger partial charge is 0.270 e. The minimum atomic E-state index is -1.31. The largest absolute Gasteiger partial charge is 0.545 e. The molecule has 138 valence electrons. The van der Waals surface area contributed by atoms with Crippen LogP contribution in [-0.2, 0) is 4.79 Å². The molecule has 2 aromatic carbocycles. The van der Waals surface area contributed by atoms with Crippen molar-refractivity contribution in [3.63, 3.8) is 0 Å². The summed E-state index contributed by atoms with van der Waals surface area (Å²) in [5, 5.41) is 11.1.